The van der Waals surface area contributed by atoms with Gasteiger partial charge in [0.15, 0.2) is 15.8 Å². The van der Waals surface area contributed by atoms with Gasteiger partial charge in [0.1, 0.15) is 0 Å². The number of hydrogen-bond donors (Lipinski definition) is 1. The Morgan fingerprint density at radius 3 is 2.76 bits per heavy atom. The van der Waals surface area contributed by atoms with Crippen LogP contribution in [0, 0.1) is 0 Å². The van der Waals surface area contributed by atoms with Crippen molar-refractivity contribution in [3.8, 4) is 0 Å². The zero-order valence-corrected chi connectivity index (χ0v) is 11.4. The van der Waals surface area contributed by atoms with Gasteiger partial charge in [0, 0.05) is 24.7 Å². The number of rotatable bonds is 3. The lowest BCUT2D eigenvalue weighted by Gasteiger charge is -2.20. The number of nitrogens with zero attached hydrogens (tertiary/aromatic N) is 3. The Labute approximate surface area is 104 Å². The Hall–Kier alpha value is -1.12. The Morgan fingerprint density at radius 2 is 2.18 bits per heavy atom. The van der Waals surface area contributed by atoms with E-state index in [4.69, 9.17) is 5.73 Å². The molecule has 0 radical (unpaired) electrons. The van der Waals surface area contributed by atoms with E-state index in [-0.39, 0.29) is 16.9 Å². The Balaban J connectivity index is 2.67. The minimum atomic E-state index is -3.61. The van der Waals surface area contributed by atoms with E-state index in [1.54, 1.807) is 25.4 Å². The predicted molar refractivity (Wildman–Crippen MR) is 67.6 cm³/mol. The van der Waals surface area contributed by atoms with Crippen LogP contribution in [0.25, 0.3) is 4.96 Å². The highest BCUT2D eigenvalue weighted by molar-refractivity contribution is 7.89. The molecular formula is C9H14N4O2S2. The maximum atomic E-state index is 12.4. The zero-order valence-electron chi connectivity index (χ0n) is 9.78. The van der Waals surface area contributed by atoms with Gasteiger partial charge in [-0.15, -0.1) is 11.3 Å². The summed E-state index contributed by atoms with van der Waals surface area (Å²) >= 11 is 1.35. The van der Waals surface area contributed by atoms with Crippen molar-refractivity contribution in [1.29, 1.82) is 0 Å². The van der Waals surface area contributed by atoms with Crippen LogP contribution < -0.4 is 5.73 Å². The Kier molecular flexibility index (Phi) is 2.88. The summed E-state index contributed by atoms with van der Waals surface area (Å²) in [6.07, 6.45) is 1.66. The van der Waals surface area contributed by atoms with Crippen molar-refractivity contribution in [3.05, 3.63) is 11.6 Å². The lowest BCUT2D eigenvalue weighted by atomic mass is 10.4. The third kappa shape index (κ3) is 1.81. The van der Waals surface area contributed by atoms with Gasteiger partial charge in [-0.3, -0.25) is 4.40 Å². The number of anilines is 1. The van der Waals surface area contributed by atoms with E-state index >= 15 is 0 Å². The molecular weight excluding hydrogens is 260 g/mol. The topological polar surface area (TPSA) is 80.7 Å². The molecule has 8 heteroatoms. The molecule has 0 saturated carbocycles. The first-order valence-corrected chi connectivity index (χ1v) is 7.36. The molecule has 0 aliphatic rings. The first-order valence-electron chi connectivity index (χ1n) is 5.04. The van der Waals surface area contributed by atoms with Gasteiger partial charge < -0.3 is 5.73 Å². The van der Waals surface area contributed by atoms with E-state index in [1.165, 1.54) is 27.1 Å². The highest BCUT2D eigenvalue weighted by Gasteiger charge is 2.30. The third-order valence-corrected chi connectivity index (χ3v) is 5.43. The Morgan fingerprint density at radius 1 is 1.53 bits per heavy atom. The van der Waals surface area contributed by atoms with Crippen molar-refractivity contribution in [2.45, 2.75) is 24.9 Å². The standard InChI is InChI=1S/C9H14N4O2S2/c1-6(2)12(3)17(14,15)8-7(10)11-9-13(8)4-5-16-9/h4-6H,10H2,1-3H3. The summed E-state index contributed by atoms with van der Waals surface area (Å²) in [5.74, 6) is 0.0457. The molecule has 0 bridgehead atoms. The number of nitrogens with two attached hydrogens (primary N) is 1. The van der Waals surface area contributed by atoms with E-state index in [1.807, 2.05) is 0 Å². The first kappa shape index (κ1) is 12.3. The van der Waals surface area contributed by atoms with Crippen LogP contribution in [0.3, 0.4) is 0 Å². The molecule has 94 valence electrons. The minimum absolute atomic E-state index is 0.0457. The molecule has 0 aliphatic heterocycles. The second-order valence-electron chi connectivity index (χ2n) is 3.97. The maximum absolute atomic E-state index is 12.4. The van der Waals surface area contributed by atoms with Gasteiger partial charge in [-0.2, -0.15) is 4.31 Å². The molecule has 0 aliphatic carbocycles. The second kappa shape index (κ2) is 3.97. The fourth-order valence-corrected chi connectivity index (χ4v) is 3.76. The lowest BCUT2D eigenvalue weighted by molar-refractivity contribution is 0.408. The van der Waals surface area contributed by atoms with E-state index < -0.39 is 10.0 Å². The molecule has 0 amide bonds. The molecule has 6 nitrogen and oxygen atoms in total. The van der Waals surface area contributed by atoms with Crippen LogP contribution in [0.1, 0.15) is 13.8 Å². The zero-order chi connectivity index (χ0) is 12.8. The van der Waals surface area contributed by atoms with Crippen molar-refractivity contribution in [3.63, 3.8) is 0 Å². The molecule has 0 aromatic carbocycles. The van der Waals surface area contributed by atoms with Crippen LogP contribution in [0.15, 0.2) is 16.6 Å². The van der Waals surface area contributed by atoms with Crippen molar-refractivity contribution < 1.29 is 8.42 Å². The third-order valence-electron chi connectivity index (χ3n) is 2.59. The average molecular weight is 274 g/mol. The van der Waals surface area contributed by atoms with Crippen LogP contribution in [0.4, 0.5) is 5.82 Å². The second-order valence-corrected chi connectivity index (χ2v) is 6.76. The van der Waals surface area contributed by atoms with Gasteiger partial charge in [0.05, 0.1) is 0 Å². The molecule has 2 aromatic rings. The molecule has 0 saturated heterocycles. The largest absolute Gasteiger partial charge is 0.381 e. The summed E-state index contributed by atoms with van der Waals surface area (Å²) in [5.41, 5.74) is 5.69. The van der Waals surface area contributed by atoms with Gasteiger partial charge in [0.25, 0.3) is 10.0 Å². The van der Waals surface area contributed by atoms with Gasteiger partial charge in [-0.1, -0.05) is 0 Å². The molecule has 0 spiro atoms. The molecule has 17 heavy (non-hydrogen) atoms. The molecule has 2 heterocycles. The fraction of sp³-hybridized carbons (Fsp3) is 0.444. The van der Waals surface area contributed by atoms with Crippen molar-refractivity contribution >= 4 is 32.1 Å². The van der Waals surface area contributed by atoms with Crippen LogP contribution in [-0.2, 0) is 10.0 Å². The lowest BCUT2D eigenvalue weighted by Crippen LogP contribution is -2.34. The average Bonchev–Trinajstić information content (AvgIpc) is 2.74. The van der Waals surface area contributed by atoms with Crippen LogP contribution in [0.2, 0.25) is 0 Å². The summed E-state index contributed by atoms with van der Waals surface area (Å²) in [6, 6.07) is -0.136. The minimum Gasteiger partial charge on any atom is -0.381 e. The maximum Gasteiger partial charge on any atom is 0.262 e. The number of hydrogen-bond acceptors (Lipinski definition) is 5. The number of fused-ring (bicyclic) bond motifs is 1. The highest BCUT2D eigenvalue weighted by atomic mass is 32.2. The summed E-state index contributed by atoms with van der Waals surface area (Å²) in [6.45, 7) is 3.61. The molecule has 2 N–H and O–H groups in total. The number of sulfonamides is 1. The number of imidazole rings is 1. The first-order chi connectivity index (χ1) is 7.85. The summed E-state index contributed by atoms with van der Waals surface area (Å²) in [4.78, 5) is 4.62. The highest BCUT2D eigenvalue weighted by Crippen LogP contribution is 2.26. The summed E-state index contributed by atoms with van der Waals surface area (Å²) in [5, 5.41) is 1.82. The van der Waals surface area contributed by atoms with Crippen molar-refractivity contribution in [2.24, 2.45) is 0 Å². The molecule has 0 fully saturated rings. The molecule has 2 aromatic heterocycles. The SMILES string of the molecule is CC(C)N(C)S(=O)(=O)c1c(N)nc2sccn12. The monoisotopic (exact) mass is 274 g/mol. The van der Waals surface area contributed by atoms with E-state index in [9.17, 15) is 8.42 Å². The number of nitrogen functional groups attached to an aromatic ring is 1. The molecule has 0 atom stereocenters. The molecule has 0 unspecified atom stereocenters. The van der Waals surface area contributed by atoms with E-state index in [0.717, 1.165) is 0 Å². The van der Waals surface area contributed by atoms with Crippen molar-refractivity contribution in [2.75, 3.05) is 12.8 Å². The predicted octanol–water partition coefficient (Wildman–Crippen LogP) is 1.01. The van der Waals surface area contributed by atoms with Gasteiger partial charge in [-0.05, 0) is 13.8 Å². The number of thiazole rings is 1. The smallest absolute Gasteiger partial charge is 0.262 e. The Bertz CT molecular complexity index is 641. The summed E-state index contributed by atoms with van der Waals surface area (Å²) < 4.78 is 27.5. The quantitative estimate of drug-likeness (QED) is 0.905. The van der Waals surface area contributed by atoms with Gasteiger partial charge in [0.2, 0.25) is 0 Å². The summed E-state index contributed by atoms with van der Waals surface area (Å²) in [7, 11) is -2.07. The van der Waals surface area contributed by atoms with Gasteiger partial charge >= 0.3 is 0 Å². The fourth-order valence-electron chi connectivity index (χ4n) is 1.45. The van der Waals surface area contributed by atoms with Crippen molar-refractivity contribution in [1.82, 2.24) is 13.7 Å². The van der Waals surface area contributed by atoms with E-state index in [0.29, 0.717) is 4.96 Å². The number of aromatic nitrogens is 2. The van der Waals surface area contributed by atoms with E-state index in [2.05, 4.69) is 4.98 Å². The van der Waals surface area contributed by atoms with Gasteiger partial charge in [-0.25, -0.2) is 13.4 Å². The molecule has 2 rings (SSSR count). The normalized spacial score (nSPS) is 13.0. The van der Waals surface area contributed by atoms with Crippen LogP contribution in [-0.4, -0.2) is 35.2 Å². The van der Waals surface area contributed by atoms with Crippen LogP contribution >= 0.6 is 11.3 Å². The van der Waals surface area contributed by atoms with Crippen LogP contribution in [0.5, 0.6) is 0 Å².